The molecule has 0 radical (unpaired) electrons. The largest absolute Gasteiger partial charge is 0.321 e. The van der Waals surface area contributed by atoms with Gasteiger partial charge in [0.2, 0.25) is 0 Å². The van der Waals surface area contributed by atoms with Gasteiger partial charge < -0.3 is 10.3 Å². The van der Waals surface area contributed by atoms with Crippen molar-refractivity contribution < 1.29 is 0 Å². The summed E-state index contributed by atoms with van der Waals surface area (Å²) in [4.78, 5) is 0. The van der Waals surface area contributed by atoms with E-state index >= 15 is 0 Å². The van der Waals surface area contributed by atoms with Gasteiger partial charge in [-0.25, -0.2) is 0 Å². The Labute approximate surface area is 79.2 Å². The third-order valence-corrected chi connectivity index (χ3v) is 2.54. The molecule has 2 N–H and O–H groups in total. The molecule has 0 amide bonds. The van der Waals surface area contributed by atoms with Crippen molar-refractivity contribution in [1.29, 1.82) is 0 Å². The lowest BCUT2D eigenvalue weighted by molar-refractivity contribution is 0.424. The standard InChI is InChI=1S/C9H18N4/c1-4-7(3)8(10)9-12-11-6-13(9)5-2/h6-8H,4-5,10H2,1-3H3/t7-,8-/m0/s1. The maximum Gasteiger partial charge on any atom is 0.150 e. The van der Waals surface area contributed by atoms with Crippen LogP contribution in [-0.2, 0) is 6.54 Å². The molecule has 1 rings (SSSR count). The van der Waals surface area contributed by atoms with E-state index in [4.69, 9.17) is 5.73 Å². The van der Waals surface area contributed by atoms with Gasteiger partial charge in [-0.3, -0.25) is 0 Å². The van der Waals surface area contributed by atoms with E-state index in [-0.39, 0.29) is 6.04 Å². The molecule has 0 aromatic carbocycles. The summed E-state index contributed by atoms with van der Waals surface area (Å²) < 4.78 is 2.00. The second-order valence-corrected chi connectivity index (χ2v) is 3.39. The predicted octanol–water partition coefficient (Wildman–Crippen LogP) is 1.34. The van der Waals surface area contributed by atoms with Crippen LogP contribution in [0.5, 0.6) is 0 Å². The zero-order chi connectivity index (χ0) is 9.84. The van der Waals surface area contributed by atoms with Crippen LogP contribution in [-0.4, -0.2) is 14.8 Å². The van der Waals surface area contributed by atoms with Crippen molar-refractivity contribution in [2.75, 3.05) is 0 Å². The first-order valence-electron chi connectivity index (χ1n) is 4.83. The highest BCUT2D eigenvalue weighted by Crippen LogP contribution is 2.19. The normalized spacial score (nSPS) is 15.7. The molecule has 2 atom stereocenters. The van der Waals surface area contributed by atoms with Crippen LogP contribution in [0.3, 0.4) is 0 Å². The monoisotopic (exact) mass is 182 g/mol. The van der Waals surface area contributed by atoms with Crippen molar-refractivity contribution in [2.24, 2.45) is 11.7 Å². The van der Waals surface area contributed by atoms with Gasteiger partial charge >= 0.3 is 0 Å². The Morgan fingerprint density at radius 3 is 2.77 bits per heavy atom. The summed E-state index contributed by atoms with van der Waals surface area (Å²) in [5.41, 5.74) is 6.05. The summed E-state index contributed by atoms with van der Waals surface area (Å²) in [5.74, 6) is 1.35. The molecule has 0 fully saturated rings. The fourth-order valence-electron chi connectivity index (χ4n) is 1.27. The molecule has 0 spiro atoms. The van der Waals surface area contributed by atoms with Gasteiger partial charge in [-0.2, -0.15) is 0 Å². The van der Waals surface area contributed by atoms with Crippen LogP contribution in [0.4, 0.5) is 0 Å². The lowest BCUT2D eigenvalue weighted by Crippen LogP contribution is -2.22. The Hall–Kier alpha value is -0.900. The van der Waals surface area contributed by atoms with E-state index < -0.39 is 0 Å². The lowest BCUT2D eigenvalue weighted by Gasteiger charge is -2.17. The molecule has 0 unspecified atom stereocenters. The van der Waals surface area contributed by atoms with Crippen molar-refractivity contribution in [1.82, 2.24) is 14.8 Å². The minimum Gasteiger partial charge on any atom is -0.321 e. The Balaban J connectivity index is 2.81. The summed E-state index contributed by atoms with van der Waals surface area (Å²) in [7, 11) is 0. The first-order chi connectivity index (χ1) is 6.20. The zero-order valence-corrected chi connectivity index (χ0v) is 8.57. The molecule has 4 nitrogen and oxygen atoms in total. The topological polar surface area (TPSA) is 56.7 Å². The Morgan fingerprint density at radius 1 is 1.54 bits per heavy atom. The number of hydrogen-bond acceptors (Lipinski definition) is 3. The highest BCUT2D eigenvalue weighted by molar-refractivity contribution is 4.95. The number of nitrogens with two attached hydrogens (primary N) is 1. The molecule has 74 valence electrons. The molecule has 0 aliphatic carbocycles. The summed E-state index contributed by atoms with van der Waals surface area (Å²) in [5, 5.41) is 7.91. The molecule has 0 aliphatic rings. The van der Waals surface area contributed by atoms with E-state index in [1.54, 1.807) is 6.33 Å². The SMILES string of the molecule is CC[C@H](C)[C@H](N)c1nncn1CC. The molecule has 0 saturated carbocycles. The van der Waals surface area contributed by atoms with Crippen molar-refractivity contribution in [3.05, 3.63) is 12.2 Å². The van der Waals surface area contributed by atoms with Crippen LogP contribution < -0.4 is 5.73 Å². The minimum atomic E-state index is 0.00690. The van der Waals surface area contributed by atoms with Gasteiger partial charge in [0.1, 0.15) is 12.2 Å². The van der Waals surface area contributed by atoms with E-state index in [0.717, 1.165) is 18.8 Å². The molecular weight excluding hydrogens is 164 g/mol. The number of nitrogens with zero attached hydrogens (tertiary/aromatic N) is 3. The van der Waals surface area contributed by atoms with Gasteiger partial charge in [-0.15, -0.1) is 10.2 Å². The molecule has 1 aromatic rings. The molecule has 1 heterocycles. The number of hydrogen-bond donors (Lipinski definition) is 1. The Kier molecular flexibility index (Phi) is 3.42. The fraction of sp³-hybridized carbons (Fsp3) is 0.778. The smallest absolute Gasteiger partial charge is 0.150 e. The molecule has 13 heavy (non-hydrogen) atoms. The maximum atomic E-state index is 6.05. The average molecular weight is 182 g/mol. The van der Waals surface area contributed by atoms with Gasteiger partial charge in [0, 0.05) is 6.54 Å². The van der Waals surface area contributed by atoms with E-state index in [9.17, 15) is 0 Å². The quantitative estimate of drug-likeness (QED) is 0.764. The van der Waals surface area contributed by atoms with E-state index in [1.165, 1.54) is 0 Å². The Morgan fingerprint density at radius 2 is 2.23 bits per heavy atom. The van der Waals surface area contributed by atoms with Crippen LogP contribution in [0.2, 0.25) is 0 Å². The summed E-state index contributed by atoms with van der Waals surface area (Å²) in [6, 6.07) is 0.00690. The summed E-state index contributed by atoms with van der Waals surface area (Å²) in [6.45, 7) is 7.22. The number of aryl methyl sites for hydroxylation is 1. The number of rotatable bonds is 4. The van der Waals surface area contributed by atoms with Crippen molar-refractivity contribution >= 4 is 0 Å². The Bertz CT molecular complexity index is 256. The molecule has 0 saturated heterocycles. The van der Waals surface area contributed by atoms with Crippen LogP contribution >= 0.6 is 0 Å². The second-order valence-electron chi connectivity index (χ2n) is 3.39. The van der Waals surface area contributed by atoms with Crippen LogP contribution in [0.25, 0.3) is 0 Å². The summed E-state index contributed by atoms with van der Waals surface area (Å²) in [6.07, 6.45) is 2.80. The molecule has 1 aromatic heterocycles. The summed E-state index contributed by atoms with van der Waals surface area (Å²) >= 11 is 0. The van der Waals surface area contributed by atoms with Crippen LogP contribution in [0, 0.1) is 5.92 Å². The predicted molar refractivity (Wildman–Crippen MR) is 52.1 cm³/mol. The fourth-order valence-corrected chi connectivity index (χ4v) is 1.27. The van der Waals surface area contributed by atoms with Gasteiger partial charge in [0.05, 0.1) is 6.04 Å². The zero-order valence-electron chi connectivity index (χ0n) is 8.57. The maximum absolute atomic E-state index is 6.05. The second kappa shape index (κ2) is 4.37. The van der Waals surface area contributed by atoms with E-state index in [2.05, 4.69) is 31.0 Å². The van der Waals surface area contributed by atoms with E-state index in [1.807, 2.05) is 4.57 Å². The van der Waals surface area contributed by atoms with Crippen molar-refractivity contribution in [3.63, 3.8) is 0 Å². The average Bonchev–Trinajstić information content (AvgIpc) is 2.62. The number of aromatic nitrogens is 3. The molecule has 4 heteroatoms. The minimum absolute atomic E-state index is 0.00690. The van der Waals surface area contributed by atoms with Gasteiger partial charge in [0.15, 0.2) is 0 Å². The lowest BCUT2D eigenvalue weighted by atomic mass is 9.99. The van der Waals surface area contributed by atoms with Crippen molar-refractivity contribution in [2.45, 2.75) is 39.8 Å². The highest BCUT2D eigenvalue weighted by atomic mass is 15.3. The van der Waals surface area contributed by atoms with Gasteiger partial charge in [-0.1, -0.05) is 20.3 Å². The highest BCUT2D eigenvalue weighted by Gasteiger charge is 2.18. The first-order valence-corrected chi connectivity index (χ1v) is 4.83. The first kappa shape index (κ1) is 10.2. The van der Waals surface area contributed by atoms with E-state index in [0.29, 0.717) is 5.92 Å². The third kappa shape index (κ3) is 2.06. The third-order valence-electron chi connectivity index (χ3n) is 2.54. The van der Waals surface area contributed by atoms with Crippen LogP contribution in [0.15, 0.2) is 6.33 Å². The van der Waals surface area contributed by atoms with Gasteiger partial charge in [0.25, 0.3) is 0 Å². The van der Waals surface area contributed by atoms with Gasteiger partial charge in [-0.05, 0) is 12.8 Å². The molecular formula is C9H18N4. The molecule has 0 aliphatic heterocycles. The molecule has 0 bridgehead atoms. The van der Waals surface area contributed by atoms with Crippen molar-refractivity contribution in [3.8, 4) is 0 Å². The van der Waals surface area contributed by atoms with Crippen LogP contribution in [0.1, 0.15) is 39.1 Å².